The van der Waals surface area contributed by atoms with Gasteiger partial charge in [0, 0.05) is 28.1 Å². The third-order valence-corrected chi connectivity index (χ3v) is 8.10. The van der Waals surface area contributed by atoms with E-state index in [9.17, 15) is 9.59 Å². The summed E-state index contributed by atoms with van der Waals surface area (Å²) in [5.41, 5.74) is 3.96. The number of thiophene rings is 2. The second-order valence-electron chi connectivity index (χ2n) is 7.40. The van der Waals surface area contributed by atoms with Crippen molar-refractivity contribution in [2.75, 3.05) is 11.1 Å². The number of fused-ring (bicyclic) bond motifs is 1. The number of carbonyl (C=O) groups is 1. The van der Waals surface area contributed by atoms with E-state index in [-0.39, 0.29) is 17.2 Å². The highest BCUT2D eigenvalue weighted by Crippen LogP contribution is 2.34. The summed E-state index contributed by atoms with van der Waals surface area (Å²) in [6.45, 7) is 8.30. The molecule has 170 valence electrons. The summed E-state index contributed by atoms with van der Waals surface area (Å²) < 4.78 is 1.61. The lowest BCUT2D eigenvalue weighted by Crippen LogP contribution is -2.23. The Balaban J connectivity index is 1.62. The second-order valence-corrected chi connectivity index (χ2v) is 10.1. The monoisotopic (exact) mass is 495 g/mol. The maximum absolute atomic E-state index is 13.4. The van der Waals surface area contributed by atoms with Crippen molar-refractivity contribution in [3.05, 3.63) is 75.2 Å². The molecule has 1 aromatic carbocycles. The van der Waals surface area contributed by atoms with E-state index in [1.54, 1.807) is 22.0 Å². The Labute approximate surface area is 205 Å². The van der Waals surface area contributed by atoms with Gasteiger partial charge in [0.1, 0.15) is 4.83 Å². The minimum absolute atomic E-state index is 0.0999. The fraction of sp³-hybridized carbons (Fsp3) is 0.240. The van der Waals surface area contributed by atoms with Crippen molar-refractivity contribution >= 4 is 56.2 Å². The van der Waals surface area contributed by atoms with Crippen LogP contribution in [0, 0.1) is 0 Å². The lowest BCUT2D eigenvalue weighted by Gasteiger charge is -2.15. The Hall–Kier alpha value is -2.68. The fourth-order valence-corrected chi connectivity index (χ4v) is 6.34. The molecule has 0 spiro atoms. The van der Waals surface area contributed by atoms with Crippen LogP contribution in [-0.2, 0) is 24.2 Å². The molecule has 8 heteroatoms. The van der Waals surface area contributed by atoms with E-state index in [4.69, 9.17) is 4.98 Å². The van der Waals surface area contributed by atoms with Gasteiger partial charge in [-0.1, -0.05) is 56.0 Å². The number of para-hydroxylation sites is 1. The van der Waals surface area contributed by atoms with Gasteiger partial charge in [-0.05, 0) is 35.4 Å². The summed E-state index contributed by atoms with van der Waals surface area (Å²) in [5, 5.41) is 8.23. The van der Waals surface area contributed by atoms with E-state index >= 15 is 0 Å². The number of thioether (sulfide) groups is 1. The molecule has 0 fully saturated rings. The van der Waals surface area contributed by atoms with Gasteiger partial charge >= 0.3 is 0 Å². The molecule has 1 amide bonds. The molecule has 3 aromatic heterocycles. The van der Waals surface area contributed by atoms with Crippen molar-refractivity contribution in [1.82, 2.24) is 9.55 Å². The van der Waals surface area contributed by atoms with E-state index < -0.39 is 0 Å². The fourth-order valence-electron chi connectivity index (χ4n) is 3.73. The van der Waals surface area contributed by atoms with Gasteiger partial charge in [-0.25, -0.2) is 4.98 Å². The summed E-state index contributed by atoms with van der Waals surface area (Å²) in [5.74, 6) is 0.0555. The van der Waals surface area contributed by atoms with Crippen LogP contribution < -0.4 is 10.9 Å². The zero-order valence-electron chi connectivity index (χ0n) is 18.6. The van der Waals surface area contributed by atoms with Crippen molar-refractivity contribution in [3.63, 3.8) is 0 Å². The lowest BCUT2D eigenvalue weighted by molar-refractivity contribution is -0.113. The van der Waals surface area contributed by atoms with E-state index in [1.807, 2.05) is 41.1 Å². The molecule has 0 saturated heterocycles. The van der Waals surface area contributed by atoms with Crippen molar-refractivity contribution in [2.45, 2.75) is 38.4 Å². The molecule has 0 aliphatic heterocycles. The highest BCUT2D eigenvalue weighted by Gasteiger charge is 2.18. The quantitative estimate of drug-likeness (QED) is 0.170. The molecular weight excluding hydrogens is 470 g/mol. The number of aromatic nitrogens is 2. The van der Waals surface area contributed by atoms with Crippen LogP contribution in [0.15, 0.2) is 63.7 Å². The molecule has 3 heterocycles. The van der Waals surface area contributed by atoms with Crippen molar-refractivity contribution in [2.24, 2.45) is 0 Å². The largest absolute Gasteiger partial charge is 0.325 e. The summed E-state index contributed by atoms with van der Waals surface area (Å²) >= 11 is 4.34. The lowest BCUT2D eigenvalue weighted by atomic mass is 10.0. The molecule has 33 heavy (non-hydrogen) atoms. The number of aryl methyl sites for hydroxylation is 2. The van der Waals surface area contributed by atoms with Gasteiger partial charge in [-0.15, -0.1) is 29.3 Å². The van der Waals surface area contributed by atoms with Crippen LogP contribution in [-0.4, -0.2) is 21.2 Å². The molecular formula is C25H25N3O2S3. The Kier molecular flexibility index (Phi) is 7.47. The zero-order valence-corrected chi connectivity index (χ0v) is 21.0. The molecule has 1 N–H and O–H groups in total. The maximum atomic E-state index is 13.4. The molecule has 0 saturated carbocycles. The number of benzene rings is 1. The first-order valence-corrected chi connectivity index (χ1v) is 13.5. The van der Waals surface area contributed by atoms with Gasteiger partial charge in [-0.3, -0.25) is 14.2 Å². The summed E-state index contributed by atoms with van der Waals surface area (Å²) in [4.78, 5) is 32.7. The predicted molar refractivity (Wildman–Crippen MR) is 142 cm³/mol. The smallest absolute Gasteiger partial charge is 0.263 e. The zero-order chi connectivity index (χ0) is 23.4. The Bertz CT molecular complexity index is 1330. The number of hydrogen-bond donors (Lipinski definition) is 1. The summed E-state index contributed by atoms with van der Waals surface area (Å²) in [6, 6.07) is 10.1. The third kappa shape index (κ3) is 4.83. The van der Waals surface area contributed by atoms with E-state index in [0.717, 1.165) is 40.1 Å². The standard InChI is InChI=1S/C25H25N3O2S3/c1-4-12-28-24(30)21-18(19-11-8-13-31-19)14-32-23(21)27-25(28)33-15-20(29)26-22-16(5-2)9-7-10-17(22)6-3/h4,7-11,13-14H,1,5-6,12,15H2,2-3H3,(H,26,29). The third-order valence-electron chi connectivity index (χ3n) is 5.35. The van der Waals surface area contributed by atoms with Crippen LogP contribution in [0.3, 0.4) is 0 Å². The van der Waals surface area contributed by atoms with Gasteiger partial charge in [0.25, 0.3) is 5.56 Å². The highest BCUT2D eigenvalue weighted by molar-refractivity contribution is 7.99. The Morgan fingerprint density at radius 2 is 1.94 bits per heavy atom. The van der Waals surface area contributed by atoms with Crippen molar-refractivity contribution in [3.8, 4) is 10.4 Å². The van der Waals surface area contributed by atoms with Crippen molar-refractivity contribution in [1.29, 1.82) is 0 Å². The Morgan fingerprint density at radius 1 is 1.18 bits per heavy atom. The number of hydrogen-bond acceptors (Lipinski definition) is 6. The predicted octanol–water partition coefficient (Wildman–Crippen LogP) is 6.23. The number of rotatable bonds is 9. The first-order valence-electron chi connectivity index (χ1n) is 10.8. The topological polar surface area (TPSA) is 64.0 Å². The van der Waals surface area contributed by atoms with Crippen LogP contribution in [0.1, 0.15) is 25.0 Å². The van der Waals surface area contributed by atoms with Gasteiger partial charge in [0.05, 0.1) is 11.1 Å². The van der Waals surface area contributed by atoms with Gasteiger partial charge in [0.15, 0.2) is 5.16 Å². The average Bonchev–Trinajstić information content (AvgIpc) is 3.50. The first kappa shape index (κ1) is 23.5. The van der Waals surface area contributed by atoms with Crippen LogP contribution in [0.5, 0.6) is 0 Å². The van der Waals surface area contributed by atoms with Crippen LogP contribution in [0.4, 0.5) is 5.69 Å². The molecule has 0 aliphatic rings. The van der Waals surface area contributed by atoms with Gasteiger partial charge in [-0.2, -0.15) is 0 Å². The Morgan fingerprint density at radius 3 is 2.58 bits per heavy atom. The maximum Gasteiger partial charge on any atom is 0.263 e. The molecule has 4 rings (SSSR count). The van der Waals surface area contributed by atoms with E-state index in [2.05, 4.69) is 25.7 Å². The summed E-state index contributed by atoms with van der Waals surface area (Å²) in [7, 11) is 0. The molecule has 0 unspecified atom stereocenters. The van der Waals surface area contributed by atoms with E-state index in [1.165, 1.54) is 23.1 Å². The van der Waals surface area contributed by atoms with Crippen LogP contribution in [0.25, 0.3) is 20.7 Å². The SMILES string of the molecule is C=CCn1c(SCC(=O)Nc2c(CC)cccc2CC)nc2scc(-c3cccs3)c2c1=O. The van der Waals surface area contributed by atoms with Gasteiger partial charge < -0.3 is 5.32 Å². The van der Waals surface area contributed by atoms with Crippen LogP contribution >= 0.6 is 34.4 Å². The molecule has 0 aliphatic carbocycles. The number of nitrogens with one attached hydrogen (secondary N) is 1. The van der Waals surface area contributed by atoms with E-state index in [0.29, 0.717) is 21.9 Å². The first-order chi connectivity index (χ1) is 16.1. The second kappa shape index (κ2) is 10.5. The molecule has 0 bridgehead atoms. The number of amides is 1. The molecule has 4 aromatic rings. The minimum atomic E-state index is -0.111. The number of anilines is 1. The molecule has 5 nitrogen and oxygen atoms in total. The molecule has 0 atom stereocenters. The number of carbonyl (C=O) groups excluding carboxylic acids is 1. The molecule has 0 radical (unpaired) electrons. The van der Waals surface area contributed by atoms with Gasteiger partial charge in [0.2, 0.25) is 5.91 Å². The number of allylic oxidation sites excluding steroid dienone is 1. The normalized spacial score (nSPS) is 11.1. The summed E-state index contributed by atoms with van der Waals surface area (Å²) in [6.07, 6.45) is 3.37. The van der Waals surface area contributed by atoms with Crippen molar-refractivity contribution < 1.29 is 4.79 Å². The minimum Gasteiger partial charge on any atom is -0.325 e. The van der Waals surface area contributed by atoms with Crippen LogP contribution in [0.2, 0.25) is 0 Å². The number of nitrogens with zero attached hydrogens (tertiary/aromatic N) is 2. The average molecular weight is 496 g/mol. The highest BCUT2D eigenvalue weighted by atomic mass is 32.2.